The fraction of sp³-hybridized carbons (Fsp3) is 0.0952. The predicted octanol–water partition coefficient (Wildman–Crippen LogP) is 3.25. The van der Waals surface area contributed by atoms with E-state index in [0.29, 0.717) is 17.1 Å². The van der Waals surface area contributed by atoms with E-state index in [1.54, 1.807) is 37.6 Å². The van der Waals surface area contributed by atoms with E-state index in [9.17, 15) is 4.79 Å². The zero-order chi connectivity index (χ0) is 19.1. The first-order valence-electron chi connectivity index (χ1n) is 8.22. The number of ether oxygens (including phenoxy) is 2. The Morgan fingerprint density at radius 2 is 1.93 bits per heavy atom. The molecule has 134 valence electrons. The van der Waals surface area contributed by atoms with Crippen LogP contribution >= 0.6 is 0 Å². The van der Waals surface area contributed by atoms with Gasteiger partial charge in [-0.25, -0.2) is 5.43 Å². The summed E-state index contributed by atoms with van der Waals surface area (Å²) in [4.78, 5) is 11.9. The molecule has 0 aliphatic carbocycles. The first kappa shape index (κ1) is 18.0. The number of rotatable bonds is 6. The number of hydrogen-bond acceptors (Lipinski definition) is 5. The second-order valence-corrected chi connectivity index (χ2v) is 5.62. The molecule has 0 aromatic heterocycles. The van der Waals surface area contributed by atoms with Crippen LogP contribution in [0.2, 0.25) is 0 Å². The van der Waals surface area contributed by atoms with Gasteiger partial charge >= 0.3 is 0 Å². The van der Waals surface area contributed by atoms with Gasteiger partial charge in [-0.2, -0.15) is 10.4 Å². The summed E-state index contributed by atoms with van der Waals surface area (Å²) in [6.07, 6.45) is 1.56. The van der Waals surface area contributed by atoms with Crippen LogP contribution in [0.3, 0.4) is 0 Å². The first-order valence-corrected chi connectivity index (χ1v) is 8.22. The molecule has 3 rings (SSSR count). The highest BCUT2D eigenvalue weighted by molar-refractivity contribution is 6.02. The number of benzene rings is 3. The Morgan fingerprint density at radius 3 is 2.67 bits per heavy atom. The van der Waals surface area contributed by atoms with Gasteiger partial charge in [-0.3, -0.25) is 4.79 Å². The van der Waals surface area contributed by atoms with Crippen molar-refractivity contribution >= 4 is 22.9 Å². The van der Waals surface area contributed by atoms with Crippen molar-refractivity contribution in [2.75, 3.05) is 13.7 Å². The van der Waals surface area contributed by atoms with Gasteiger partial charge in [-0.05, 0) is 41.1 Å². The van der Waals surface area contributed by atoms with Gasteiger partial charge < -0.3 is 9.47 Å². The molecule has 0 spiro atoms. The summed E-state index contributed by atoms with van der Waals surface area (Å²) in [5.41, 5.74) is 3.75. The molecule has 0 atom stereocenters. The van der Waals surface area contributed by atoms with E-state index in [-0.39, 0.29) is 6.61 Å². The summed E-state index contributed by atoms with van der Waals surface area (Å²) < 4.78 is 10.7. The van der Waals surface area contributed by atoms with Gasteiger partial charge in [0.05, 0.1) is 25.0 Å². The van der Waals surface area contributed by atoms with Gasteiger partial charge in [-0.15, -0.1) is 0 Å². The Labute approximate surface area is 156 Å². The van der Waals surface area contributed by atoms with E-state index in [0.717, 1.165) is 16.3 Å². The maximum absolute atomic E-state index is 11.9. The van der Waals surface area contributed by atoms with Crippen molar-refractivity contribution in [3.05, 3.63) is 71.8 Å². The number of methoxy groups -OCH3 is 1. The Balaban J connectivity index is 1.64. The van der Waals surface area contributed by atoms with Crippen molar-refractivity contribution in [3.63, 3.8) is 0 Å². The SMILES string of the molecule is COc1ccc2ccccc2c1/C=N\NC(=O)COc1ccc(C#N)cc1. The summed E-state index contributed by atoms with van der Waals surface area (Å²) in [5, 5.41) is 14.8. The van der Waals surface area contributed by atoms with Crippen molar-refractivity contribution in [2.24, 2.45) is 5.10 Å². The van der Waals surface area contributed by atoms with Crippen molar-refractivity contribution in [2.45, 2.75) is 0 Å². The molecule has 0 radical (unpaired) electrons. The minimum atomic E-state index is -0.394. The maximum Gasteiger partial charge on any atom is 0.277 e. The average Bonchev–Trinajstić information content (AvgIpc) is 2.72. The highest BCUT2D eigenvalue weighted by atomic mass is 16.5. The number of nitrogens with zero attached hydrogens (tertiary/aromatic N) is 2. The second kappa shape index (κ2) is 8.50. The summed E-state index contributed by atoms with van der Waals surface area (Å²) in [6.45, 7) is -0.185. The lowest BCUT2D eigenvalue weighted by Crippen LogP contribution is -2.24. The number of hydrazone groups is 1. The molecule has 6 heteroatoms. The molecular weight excluding hydrogens is 342 g/mol. The number of fused-ring (bicyclic) bond motifs is 1. The standard InChI is InChI=1S/C21H17N3O3/c1-26-20-11-8-16-4-2-3-5-18(16)19(20)13-23-24-21(25)14-27-17-9-6-15(12-22)7-10-17/h2-11,13H,14H2,1H3,(H,24,25)/b23-13-. The van der Waals surface area contributed by atoms with Crippen molar-refractivity contribution in [3.8, 4) is 17.6 Å². The van der Waals surface area contributed by atoms with E-state index < -0.39 is 5.91 Å². The Bertz CT molecular complexity index is 1020. The molecule has 0 heterocycles. The predicted molar refractivity (Wildman–Crippen MR) is 103 cm³/mol. The van der Waals surface area contributed by atoms with Crippen LogP contribution in [0.25, 0.3) is 10.8 Å². The summed E-state index contributed by atoms with van der Waals surface area (Å²) in [6, 6.07) is 20.2. The Kier molecular flexibility index (Phi) is 5.65. The average molecular weight is 359 g/mol. The molecule has 0 aliphatic heterocycles. The lowest BCUT2D eigenvalue weighted by Gasteiger charge is -2.08. The lowest BCUT2D eigenvalue weighted by molar-refractivity contribution is -0.123. The molecule has 3 aromatic carbocycles. The third-order valence-corrected chi connectivity index (χ3v) is 3.89. The zero-order valence-corrected chi connectivity index (χ0v) is 14.7. The fourth-order valence-electron chi connectivity index (χ4n) is 2.56. The Morgan fingerprint density at radius 1 is 1.15 bits per heavy atom. The normalized spacial score (nSPS) is 10.5. The first-order chi connectivity index (χ1) is 13.2. The minimum Gasteiger partial charge on any atom is -0.496 e. The minimum absolute atomic E-state index is 0.185. The van der Waals surface area contributed by atoms with Gasteiger partial charge in [0.15, 0.2) is 6.61 Å². The molecule has 6 nitrogen and oxygen atoms in total. The molecule has 0 bridgehead atoms. The van der Waals surface area contributed by atoms with Crippen molar-refractivity contribution in [1.82, 2.24) is 5.43 Å². The number of amides is 1. The molecule has 0 saturated carbocycles. The largest absolute Gasteiger partial charge is 0.496 e. The smallest absolute Gasteiger partial charge is 0.277 e. The molecular formula is C21H17N3O3. The van der Waals surface area contributed by atoms with Crippen LogP contribution in [0, 0.1) is 11.3 Å². The van der Waals surface area contributed by atoms with Crippen LogP contribution in [-0.2, 0) is 4.79 Å². The third-order valence-electron chi connectivity index (χ3n) is 3.89. The molecule has 0 saturated heterocycles. The number of nitriles is 1. The van der Waals surface area contributed by atoms with E-state index >= 15 is 0 Å². The van der Waals surface area contributed by atoms with Crippen LogP contribution < -0.4 is 14.9 Å². The van der Waals surface area contributed by atoms with E-state index in [1.807, 2.05) is 42.5 Å². The number of nitrogens with one attached hydrogen (secondary N) is 1. The summed E-state index contributed by atoms with van der Waals surface area (Å²) in [7, 11) is 1.59. The number of carbonyl (C=O) groups excluding carboxylic acids is 1. The maximum atomic E-state index is 11.9. The molecule has 0 aliphatic rings. The fourth-order valence-corrected chi connectivity index (χ4v) is 2.56. The van der Waals surface area contributed by atoms with Gasteiger partial charge in [0.25, 0.3) is 5.91 Å². The molecule has 1 amide bonds. The number of carbonyl (C=O) groups is 1. The van der Waals surface area contributed by atoms with Crippen LogP contribution in [0.1, 0.15) is 11.1 Å². The van der Waals surface area contributed by atoms with E-state index in [4.69, 9.17) is 14.7 Å². The van der Waals surface area contributed by atoms with Gasteiger partial charge in [0, 0.05) is 5.56 Å². The zero-order valence-electron chi connectivity index (χ0n) is 14.7. The third kappa shape index (κ3) is 4.41. The molecule has 1 N–H and O–H groups in total. The summed E-state index contributed by atoms with van der Waals surface area (Å²) in [5.74, 6) is 0.777. The molecule has 0 fully saturated rings. The highest BCUT2D eigenvalue weighted by Crippen LogP contribution is 2.26. The second-order valence-electron chi connectivity index (χ2n) is 5.62. The Hall–Kier alpha value is -3.85. The van der Waals surface area contributed by atoms with E-state index in [1.165, 1.54) is 0 Å². The van der Waals surface area contributed by atoms with Crippen LogP contribution in [0.5, 0.6) is 11.5 Å². The van der Waals surface area contributed by atoms with Crippen LogP contribution in [0.4, 0.5) is 0 Å². The lowest BCUT2D eigenvalue weighted by atomic mass is 10.0. The number of hydrogen-bond donors (Lipinski definition) is 1. The van der Waals surface area contributed by atoms with E-state index in [2.05, 4.69) is 10.5 Å². The topological polar surface area (TPSA) is 83.7 Å². The van der Waals surface area contributed by atoms with Gasteiger partial charge in [0.1, 0.15) is 11.5 Å². The highest BCUT2D eigenvalue weighted by Gasteiger charge is 2.06. The van der Waals surface area contributed by atoms with Crippen LogP contribution in [0.15, 0.2) is 65.8 Å². The van der Waals surface area contributed by atoms with Gasteiger partial charge in [0.2, 0.25) is 0 Å². The van der Waals surface area contributed by atoms with Crippen LogP contribution in [-0.4, -0.2) is 25.8 Å². The van der Waals surface area contributed by atoms with Crippen molar-refractivity contribution in [1.29, 1.82) is 5.26 Å². The monoisotopic (exact) mass is 359 g/mol. The molecule has 3 aromatic rings. The van der Waals surface area contributed by atoms with Gasteiger partial charge in [-0.1, -0.05) is 30.3 Å². The molecule has 27 heavy (non-hydrogen) atoms. The summed E-state index contributed by atoms with van der Waals surface area (Å²) >= 11 is 0. The molecule has 0 unspecified atom stereocenters. The quantitative estimate of drug-likeness (QED) is 0.541. The van der Waals surface area contributed by atoms with Crippen molar-refractivity contribution < 1.29 is 14.3 Å².